The third kappa shape index (κ3) is 1.81. The molecule has 0 aliphatic rings. The van der Waals surface area contributed by atoms with Gasteiger partial charge in [-0.15, -0.1) is 5.10 Å². The highest BCUT2D eigenvalue weighted by atomic mass is 16.3. The van der Waals surface area contributed by atoms with Crippen LogP contribution < -0.4 is 0 Å². The fraction of sp³-hybridized carbons (Fsp3) is 0.364. The fourth-order valence-corrected chi connectivity index (χ4v) is 1.56. The molecule has 2 rings (SSSR count). The highest BCUT2D eigenvalue weighted by Crippen LogP contribution is 2.18. The van der Waals surface area contributed by atoms with Crippen molar-refractivity contribution in [2.75, 3.05) is 0 Å². The van der Waals surface area contributed by atoms with Crippen LogP contribution in [0, 0.1) is 0 Å². The molecule has 0 spiro atoms. The van der Waals surface area contributed by atoms with Crippen LogP contribution in [-0.4, -0.2) is 25.1 Å². The number of aryl methyl sites for hydroxylation is 2. The zero-order valence-corrected chi connectivity index (χ0v) is 9.38. The van der Waals surface area contributed by atoms with Gasteiger partial charge in [0.2, 0.25) is 0 Å². The van der Waals surface area contributed by atoms with Gasteiger partial charge in [0.15, 0.2) is 0 Å². The molecular weight excluding hydrogens is 204 g/mol. The van der Waals surface area contributed by atoms with Gasteiger partial charge in [-0.2, -0.15) is 0 Å². The Kier molecular flexibility index (Phi) is 2.96. The van der Waals surface area contributed by atoms with Crippen LogP contribution in [0.5, 0.6) is 0 Å². The van der Waals surface area contributed by atoms with Crippen molar-refractivity contribution >= 4 is 0 Å². The van der Waals surface area contributed by atoms with E-state index in [0.717, 1.165) is 17.8 Å². The lowest BCUT2D eigenvalue weighted by Gasteiger charge is -2.02. The number of aliphatic hydroxyl groups is 1. The second-order valence-corrected chi connectivity index (χ2v) is 3.53. The van der Waals surface area contributed by atoms with E-state index in [4.69, 9.17) is 0 Å². The van der Waals surface area contributed by atoms with Crippen molar-refractivity contribution in [1.82, 2.24) is 20.0 Å². The van der Waals surface area contributed by atoms with Gasteiger partial charge in [0.1, 0.15) is 5.69 Å². The highest BCUT2D eigenvalue weighted by Gasteiger charge is 2.12. The molecule has 1 N–H and O–H groups in total. The lowest BCUT2D eigenvalue weighted by atomic mass is 10.2. The lowest BCUT2D eigenvalue weighted by Crippen LogP contribution is -1.99. The quantitative estimate of drug-likeness (QED) is 0.832. The summed E-state index contributed by atoms with van der Waals surface area (Å²) < 4.78 is 1.57. The van der Waals surface area contributed by atoms with Gasteiger partial charge < -0.3 is 5.11 Å². The van der Waals surface area contributed by atoms with Crippen LogP contribution in [0.2, 0.25) is 0 Å². The lowest BCUT2D eigenvalue weighted by molar-refractivity contribution is 0.271. The molecule has 5 heteroatoms. The van der Waals surface area contributed by atoms with Crippen molar-refractivity contribution in [3.63, 3.8) is 0 Å². The summed E-state index contributed by atoms with van der Waals surface area (Å²) in [4.78, 5) is 4.46. The van der Waals surface area contributed by atoms with Crippen molar-refractivity contribution in [3.05, 3.63) is 29.6 Å². The molecule has 2 aromatic heterocycles. The normalized spacial score (nSPS) is 10.7. The fourth-order valence-electron chi connectivity index (χ4n) is 1.56. The summed E-state index contributed by atoms with van der Waals surface area (Å²) in [5.41, 5.74) is 3.10. The van der Waals surface area contributed by atoms with Crippen LogP contribution in [0.15, 0.2) is 18.2 Å². The van der Waals surface area contributed by atoms with Gasteiger partial charge in [-0.05, 0) is 18.6 Å². The Balaban J connectivity index is 2.49. The minimum absolute atomic E-state index is 0.0864. The van der Waals surface area contributed by atoms with Crippen LogP contribution >= 0.6 is 0 Å². The van der Waals surface area contributed by atoms with Crippen molar-refractivity contribution in [2.24, 2.45) is 7.05 Å². The first kappa shape index (κ1) is 10.8. The molecule has 0 amide bonds. The largest absolute Gasteiger partial charge is 0.390 e. The molecule has 84 valence electrons. The Morgan fingerprint density at radius 2 is 2.19 bits per heavy atom. The number of pyridine rings is 1. The predicted octanol–water partition coefficient (Wildman–Crippen LogP) is 0.932. The van der Waals surface area contributed by atoms with Gasteiger partial charge in [-0.25, -0.2) is 4.68 Å². The average molecular weight is 218 g/mol. The average Bonchev–Trinajstić information content (AvgIpc) is 2.70. The molecule has 0 aromatic carbocycles. The predicted molar refractivity (Wildman–Crippen MR) is 59.5 cm³/mol. The Labute approximate surface area is 93.8 Å². The molecule has 5 nitrogen and oxygen atoms in total. The van der Waals surface area contributed by atoms with Crippen LogP contribution in [0.3, 0.4) is 0 Å². The number of aromatic nitrogens is 4. The molecule has 0 radical (unpaired) electrons. The third-order valence-electron chi connectivity index (χ3n) is 2.50. The van der Waals surface area contributed by atoms with E-state index in [2.05, 4.69) is 22.2 Å². The van der Waals surface area contributed by atoms with Crippen LogP contribution in [0.25, 0.3) is 11.4 Å². The first-order valence-electron chi connectivity index (χ1n) is 5.22. The van der Waals surface area contributed by atoms with E-state index in [1.54, 1.807) is 11.7 Å². The zero-order chi connectivity index (χ0) is 11.5. The number of rotatable bonds is 3. The molecule has 0 atom stereocenters. The van der Waals surface area contributed by atoms with Crippen molar-refractivity contribution in [1.29, 1.82) is 0 Å². The van der Waals surface area contributed by atoms with E-state index in [0.29, 0.717) is 11.4 Å². The molecule has 0 aliphatic heterocycles. The number of hydrogen-bond acceptors (Lipinski definition) is 4. The topological polar surface area (TPSA) is 63.8 Å². The van der Waals surface area contributed by atoms with Crippen LogP contribution in [0.4, 0.5) is 0 Å². The molecular formula is C11H14N4O. The molecule has 0 bridgehead atoms. The zero-order valence-electron chi connectivity index (χ0n) is 9.38. The summed E-state index contributed by atoms with van der Waals surface area (Å²) in [6.45, 7) is 1.96. The van der Waals surface area contributed by atoms with Gasteiger partial charge in [0.25, 0.3) is 0 Å². The molecule has 2 heterocycles. The summed E-state index contributed by atoms with van der Waals surface area (Å²) in [5, 5.41) is 17.2. The molecule has 2 aromatic rings. The van der Waals surface area contributed by atoms with Gasteiger partial charge in [0, 0.05) is 12.7 Å². The van der Waals surface area contributed by atoms with E-state index in [1.807, 2.05) is 18.2 Å². The summed E-state index contributed by atoms with van der Waals surface area (Å²) in [7, 11) is 1.76. The summed E-state index contributed by atoms with van der Waals surface area (Å²) in [6.07, 6.45) is 0.878. The second-order valence-electron chi connectivity index (χ2n) is 3.53. The molecule has 0 aliphatic carbocycles. The number of nitrogens with zero attached hydrogens (tertiary/aromatic N) is 4. The third-order valence-corrected chi connectivity index (χ3v) is 2.50. The van der Waals surface area contributed by atoms with Crippen molar-refractivity contribution in [3.8, 4) is 11.4 Å². The summed E-state index contributed by atoms with van der Waals surface area (Å²) >= 11 is 0. The van der Waals surface area contributed by atoms with Gasteiger partial charge >= 0.3 is 0 Å². The highest BCUT2D eigenvalue weighted by molar-refractivity contribution is 5.56. The Morgan fingerprint density at radius 1 is 1.38 bits per heavy atom. The summed E-state index contributed by atoms with van der Waals surface area (Å²) in [6, 6.07) is 5.79. The SMILES string of the molecule is CCc1cccc(-c2nnn(C)c2CO)n1. The molecule has 0 fully saturated rings. The Morgan fingerprint density at radius 3 is 2.88 bits per heavy atom. The van der Waals surface area contributed by atoms with Gasteiger partial charge in [-0.1, -0.05) is 18.2 Å². The van der Waals surface area contributed by atoms with Crippen molar-refractivity contribution in [2.45, 2.75) is 20.0 Å². The molecule has 0 saturated carbocycles. The Hall–Kier alpha value is -1.75. The standard InChI is InChI=1S/C11H14N4O/c1-3-8-5-4-6-9(12-8)11-10(7-16)15(2)14-13-11/h4-6,16H,3,7H2,1-2H3. The Bertz CT molecular complexity index is 492. The van der Waals surface area contributed by atoms with Crippen LogP contribution in [-0.2, 0) is 20.1 Å². The van der Waals surface area contributed by atoms with E-state index in [-0.39, 0.29) is 6.61 Å². The van der Waals surface area contributed by atoms with E-state index in [9.17, 15) is 5.11 Å². The van der Waals surface area contributed by atoms with Crippen molar-refractivity contribution < 1.29 is 5.11 Å². The van der Waals surface area contributed by atoms with E-state index in [1.165, 1.54) is 0 Å². The maximum absolute atomic E-state index is 9.25. The molecule has 0 saturated heterocycles. The van der Waals surface area contributed by atoms with Gasteiger partial charge in [-0.3, -0.25) is 4.98 Å². The van der Waals surface area contributed by atoms with Crippen LogP contribution in [0.1, 0.15) is 18.3 Å². The smallest absolute Gasteiger partial charge is 0.137 e. The van der Waals surface area contributed by atoms with E-state index < -0.39 is 0 Å². The minimum atomic E-state index is -0.0864. The monoisotopic (exact) mass is 218 g/mol. The number of hydrogen-bond donors (Lipinski definition) is 1. The van der Waals surface area contributed by atoms with E-state index >= 15 is 0 Å². The molecule has 0 unspecified atom stereocenters. The maximum atomic E-state index is 9.25. The first-order chi connectivity index (χ1) is 7.76. The minimum Gasteiger partial charge on any atom is -0.390 e. The van der Waals surface area contributed by atoms with Gasteiger partial charge in [0.05, 0.1) is 18.0 Å². The first-order valence-corrected chi connectivity index (χ1v) is 5.22. The molecule has 16 heavy (non-hydrogen) atoms. The maximum Gasteiger partial charge on any atom is 0.137 e. The second kappa shape index (κ2) is 4.40. The summed E-state index contributed by atoms with van der Waals surface area (Å²) in [5.74, 6) is 0. The number of aliphatic hydroxyl groups excluding tert-OH is 1.